The second-order valence-corrected chi connectivity index (χ2v) is 5.49. The molecule has 0 heterocycles. The molecule has 3 N–H and O–H groups in total. The largest absolute Gasteiger partial charge is 0.489 e. The standard InChI is InChI=1S/C18H14F6N2O2/c19-17(20,21)13-6-2-1-4-11(13)5-3-9-28-15-8-7-12(16(25)26-27)10-14(15)18(22,23)24/h1-8,10,27H,9H2,(H2,25,26)/b5-3+. The van der Waals surface area contributed by atoms with E-state index in [1.165, 1.54) is 24.3 Å². The lowest BCUT2D eigenvalue weighted by Crippen LogP contribution is -2.16. The van der Waals surface area contributed by atoms with Gasteiger partial charge in [0.1, 0.15) is 12.4 Å². The van der Waals surface area contributed by atoms with Crippen molar-refractivity contribution in [2.24, 2.45) is 10.9 Å². The van der Waals surface area contributed by atoms with E-state index in [1.54, 1.807) is 0 Å². The van der Waals surface area contributed by atoms with Crippen molar-refractivity contribution in [3.05, 3.63) is 70.8 Å². The summed E-state index contributed by atoms with van der Waals surface area (Å²) in [6.07, 6.45) is -7.06. The number of nitrogens with zero attached hydrogens (tertiary/aromatic N) is 1. The molecule has 0 saturated heterocycles. The molecule has 0 bridgehead atoms. The van der Waals surface area contributed by atoms with E-state index in [-0.39, 0.29) is 11.1 Å². The van der Waals surface area contributed by atoms with Gasteiger partial charge in [0.2, 0.25) is 0 Å². The van der Waals surface area contributed by atoms with E-state index in [0.717, 1.165) is 24.3 Å². The van der Waals surface area contributed by atoms with Crippen molar-refractivity contribution in [3.8, 4) is 5.75 Å². The quantitative estimate of drug-likeness (QED) is 0.245. The van der Waals surface area contributed by atoms with Crippen molar-refractivity contribution in [1.82, 2.24) is 0 Å². The highest BCUT2D eigenvalue weighted by Gasteiger charge is 2.35. The number of amidine groups is 1. The molecule has 0 spiro atoms. The summed E-state index contributed by atoms with van der Waals surface area (Å²) in [6.45, 7) is -0.405. The highest BCUT2D eigenvalue weighted by atomic mass is 19.4. The Labute approximate surface area is 155 Å². The zero-order valence-electron chi connectivity index (χ0n) is 14.1. The summed E-state index contributed by atoms with van der Waals surface area (Å²) in [6, 6.07) is 7.54. The Balaban J connectivity index is 2.21. The van der Waals surface area contributed by atoms with Crippen LogP contribution in [-0.2, 0) is 12.4 Å². The maximum absolute atomic E-state index is 13.2. The third-order valence-electron chi connectivity index (χ3n) is 3.59. The minimum Gasteiger partial charge on any atom is -0.489 e. The Hall–Kier alpha value is -3.17. The summed E-state index contributed by atoms with van der Waals surface area (Å²) < 4.78 is 83.3. The number of hydrogen-bond acceptors (Lipinski definition) is 3. The van der Waals surface area contributed by atoms with Crippen LogP contribution in [0.15, 0.2) is 53.7 Å². The van der Waals surface area contributed by atoms with Crippen LogP contribution < -0.4 is 10.5 Å². The van der Waals surface area contributed by atoms with E-state index in [4.69, 9.17) is 15.7 Å². The Morgan fingerprint density at radius 1 is 1.00 bits per heavy atom. The van der Waals surface area contributed by atoms with Crippen LogP contribution in [0.3, 0.4) is 0 Å². The van der Waals surface area contributed by atoms with Gasteiger partial charge in [-0.25, -0.2) is 0 Å². The van der Waals surface area contributed by atoms with Crippen LogP contribution >= 0.6 is 0 Å². The molecule has 0 aliphatic rings. The molecule has 0 aliphatic carbocycles. The minimum atomic E-state index is -4.78. The number of benzene rings is 2. The fraction of sp³-hybridized carbons (Fsp3) is 0.167. The van der Waals surface area contributed by atoms with Crippen molar-refractivity contribution in [2.75, 3.05) is 6.61 Å². The highest BCUT2D eigenvalue weighted by Crippen LogP contribution is 2.37. The Morgan fingerprint density at radius 3 is 2.25 bits per heavy atom. The molecule has 0 atom stereocenters. The lowest BCUT2D eigenvalue weighted by Gasteiger charge is -2.14. The number of oxime groups is 1. The second kappa shape index (κ2) is 8.24. The molecule has 28 heavy (non-hydrogen) atoms. The molecule has 2 aromatic carbocycles. The molecular formula is C18H14F6N2O2. The van der Waals surface area contributed by atoms with Gasteiger partial charge in [0.25, 0.3) is 0 Å². The third kappa shape index (κ3) is 5.18. The van der Waals surface area contributed by atoms with Crippen LogP contribution in [0.25, 0.3) is 6.08 Å². The van der Waals surface area contributed by atoms with Crippen LogP contribution in [-0.4, -0.2) is 17.6 Å². The smallest absolute Gasteiger partial charge is 0.419 e. The molecule has 2 rings (SSSR count). The molecule has 0 fully saturated rings. The van der Waals surface area contributed by atoms with Crippen molar-refractivity contribution in [1.29, 1.82) is 0 Å². The minimum absolute atomic E-state index is 0.142. The monoisotopic (exact) mass is 404 g/mol. The van der Waals surface area contributed by atoms with Gasteiger partial charge in [-0.2, -0.15) is 26.3 Å². The second-order valence-electron chi connectivity index (χ2n) is 5.49. The predicted octanol–water partition coefficient (Wildman–Crippen LogP) is 4.91. The Bertz CT molecular complexity index is 888. The van der Waals surface area contributed by atoms with Crippen molar-refractivity contribution in [2.45, 2.75) is 12.4 Å². The van der Waals surface area contributed by atoms with Gasteiger partial charge in [0, 0.05) is 5.56 Å². The van der Waals surface area contributed by atoms with Gasteiger partial charge in [0.15, 0.2) is 5.84 Å². The van der Waals surface area contributed by atoms with Crippen molar-refractivity contribution < 1.29 is 36.3 Å². The van der Waals surface area contributed by atoms with Gasteiger partial charge in [-0.3, -0.25) is 0 Å². The molecule has 0 amide bonds. The summed E-state index contributed by atoms with van der Waals surface area (Å²) >= 11 is 0. The van der Waals surface area contributed by atoms with Crippen molar-refractivity contribution >= 4 is 11.9 Å². The summed E-state index contributed by atoms with van der Waals surface area (Å²) in [5, 5.41) is 11.2. The number of nitrogens with two attached hydrogens (primary N) is 1. The average Bonchev–Trinajstić information content (AvgIpc) is 2.63. The number of hydrogen-bond donors (Lipinski definition) is 2. The van der Waals surface area contributed by atoms with Crippen molar-refractivity contribution in [3.63, 3.8) is 0 Å². The zero-order chi connectivity index (χ0) is 20.9. The van der Waals surface area contributed by atoms with E-state index < -0.39 is 41.7 Å². The van der Waals surface area contributed by atoms with E-state index in [2.05, 4.69) is 5.16 Å². The van der Waals surface area contributed by atoms with E-state index in [0.29, 0.717) is 6.07 Å². The molecule has 0 radical (unpaired) electrons. The molecule has 0 aliphatic heterocycles. The molecule has 0 saturated carbocycles. The van der Waals surface area contributed by atoms with Crippen LogP contribution in [0.1, 0.15) is 22.3 Å². The summed E-state index contributed by atoms with van der Waals surface area (Å²) in [4.78, 5) is 0. The zero-order valence-corrected chi connectivity index (χ0v) is 14.1. The first-order chi connectivity index (χ1) is 13.0. The number of alkyl halides is 6. The lowest BCUT2D eigenvalue weighted by molar-refractivity contribution is -0.139. The molecule has 150 valence electrons. The first kappa shape index (κ1) is 21.1. The van der Waals surface area contributed by atoms with Gasteiger partial charge < -0.3 is 15.7 Å². The molecule has 10 heteroatoms. The summed E-state index contributed by atoms with van der Waals surface area (Å²) in [5.41, 5.74) is 2.93. The fourth-order valence-electron chi connectivity index (χ4n) is 2.31. The SMILES string of the molecule is N/C(=N\O)c1ccc(OC/C=C/c2ccccc2C(F)(F)F)c(C(F)(F)F)c1. The first-order valence-electron chi connectivity index (χ1n) is 7.68. The highest BCUT2D eigenvalue weighted by molar-refractivity contribution is 5.97. The average molecular weight is 404 g/mol. The van der Waals surface area contributed by atoms with Crippen LogP contribution in [0.2, 0.25) is 0 Å². The molecule has 2 aromatic rings. The van der Waals surface area contributed by atoms with E-state index in [1.807, 2.05) is 0 Å². The first-order valence-corrected chi connectivity index (χ1v) is 7.68. The lowest BCUT2D eigenvalue weighted by atomic mass is 10.1. The van der Waals surface area contributed by atoms with Gasteiger partial charge >= 0.3 is 12.4 Å². The third-order valence-corrected chi connectivity index (χ3v) is 3.59. The van der Waals surface area contributed by atoms with Gasteiger partial charge in [-0.15, -0.1) is 0 Å². The molecule has 4 nitrogen and oxygen atoms in total. The normalized spacial score (nSPS) is 13.1. The number of halogens is 6. The molecule has 0 unspecified atom stereocenters. The Kier molecular flexibility index (Phi) is 6.22. The number of rotatable bonds is 5. The maximum Gasteiger partial charge on any atom is 0.419 e. The summed E-state index contributed by atoms with van der Waals surface area (Å²) in [5.74, 6) is -1.06. The van der Waals surface area contributed by atoms with Crippen LogP contribution in [0.5, 0.6) is 5.75 Å². The van der Waals surface area contributed by atoms with Gasteiger partial charge in [-0.05, 0) is 35.9 Å². The van der Waals surface area contributed by atoms with Gasteiger partial charge in [0.05, 0.1) is 11.1 Å². The van der Waals surface area contributed by atoms with E-state index in [9.17, 15) is 26.3 Å². The topological polar surface area (TPSA) is 67.8 Å². The van der Waals surface area contributed by atoms with E-state index >= 15 is 0 Å². The maximum atomic E-state index is 13.2. The summed E-state index contributed by atoms with van der Waals surface area (Å²) in [7, 11) is 0. The van der Waals surface area contributed by atoms with Gasteiger partial charge in [-0.1, -0.05) is 29.4 Å². The molecular weight excluding hydrogens is 390 g/mol. The fourth-order valence-corrected chi connectivity index (χ4v) is 2.31. The number of ether oxygens (including phenoxy) is 1. The van der Waals surface area contributed by atoms with Crippen LogP contribution in [0, 0.1) is 0 Å². The Morgan fingerprint density at radius 2 is 1.64 bits per heavy atom. The molecule has 0 aromatic heterocycles. The van der Waals surface area contributed by atoms with Crippen LogP contribution in [0.4, 0.5) is 26.3 Å². The predicted molar refractivity (Wildman–Crippen MR) is 89.9 cm³/mol.